The zero-order chi connectivity index (χ0) is 14.9. The molecule has 0 atom stereocenters. The number of rotatable bonds is 4. The minimum Gasteiger partial charge on any atom is -0.398 e. The average molecular weight is 284 g/mol. The second-order valence-corrected chi connectivity index (χ2v) is 8.42. The number of anilines is 1. The summed E-state index contributed by atoms with van der Waals surface area (Å²) < 4.78 is 27.5. The third-order valence-corrected chi connectivity index (χ3v) is 4.36. The molecule has 1 aromatic rings. The van der Waals surface area contributed by atoms with Gasteiger partial charge in [0.15, 0.2) is 0 Å². The zero-order valence-corrected chi connectivity index (χ0v) is 13.1. The van der Waals surface area contributed by atoms with E-state index in [-0.39, 0.29) is 16.0 Å². The van der Waals surface area contributed by atoms with E-state index in [1.165, 1.54) is 6.07 Å². The first kappa shape index (κ1) is 16.0. The van der Waals surface area contributed by atoms with Crippen molar-refractivity contribution in [2.24, 2.45) is 5.41 Å². The number of benzene rings is 1. The summed E-state index contributed by atoms with van der Waals surface area (Å²) in [5.74, 6) is 0. The lowest BCUT2D eigenvalue weighted by molar-refractivity contribution is 0.269. The van der Waals surface area contributed by atoms with Crippen molar-refractivity contribution in [2.45, 2.75) is 51.5 Å². The molecule has 1 rings (SSSR count). The van der Waals surface area contributed by atoms with Crippen LogP contribution >= 0.6 is 0 Å². The van der Waals surface area contributed by atoms with Crippen LogP contribution in [0.15, 0.2) is 29.2 Å². The van der Waals surface area contributed by atoms with Gasteiger partial charge in [0.2, 0.25) is 10.0 Å². The van der Waals surface area contributed by atoms with Crippen molar-refractivity contribution in [2.75, 3.05) is 5.73 Å². The van der Waals surface area contributed by atoms with Gasteiger partial charge in [0, 0.05) is 5.54 Å². The molecule has 0 aliphatic rings. The van der Waals surface area contributed by atoms with E-state index in [1.807, 2.05) is 13.8 Å². The Kier molecular flexibility index (Phi) is 4.32. The summed E-state index contributed by atoms with van der Waals surface area (Å²) >= 11 is 0. The van der Waals surface area contributed by atoms with Crippen LogP contribution in [0.1, 0.15) is 41.0 Å². The number of hydrogen-bond donors (Lipinski definition) is 2. The fourth-order valence-corrected chi connectivity index (χ4v) is 4.05. The minimum absolute atomic E-state index is 0.0360. The van der Waals surface area contributed by atoms with Gasteiger partial charge in [-0.2, -0.15) is 0 Å². The quantitative estimate of drug-likeness (QED) is 0.835. The Hall–Kier alpha value is -1.07. The maximum atomic E-state index is 12.4. The van der Waals surface area contributed by atoms with Gasteiger partial charge in [-0.3, -0.25) is 0 Å². The Balaban J connectivity index is 3.01. The first-order valence-electron chi connectivity index (χ1n) is 6.31. The smallest absolute Gasteiger partial charge is 0.243 e. The van der Waals surface area contributed by atoms with Crippen molar-refractivity contribution in [3.8, 4) is 0 Å². The molecule has 0 saturated carbocycles. The van der Waals surface area contributed by atoms with Gasteiger partial charge in [-0.05, 0) is 37.8 Å². The van der Waals surface area contributed by atoms with Crippen molar-refractivity contribution in [1.29, 1.82) is 0 Å². The Labute approximate surface area is 116 Å². The van der Waals surface area contributed by atoms with Gasteiger partial charge in [0.05, 0.1) is 5.69 Å². The third kappa shape index (κ3) is 4.84. The molecule has 0 spiro atoms. The zero-order valence-electron chi connectivity index (χ0n) is 12.3. The molecule has 0 heterocycles. The number of nitrogens with one attached hydrogen (secondary N) is 1. The van der Waals surface area contributed by atoms with Gasteiger partial charge < -0.3 is 5.73 Å². The number of sulfonamides is 1. The normalized spacial score (nSPS) is 13.5. The molecule has 0 saturated heterocycles. The van der Waals surface area contributed by atoms with Crippen molar-refractivity contribution in [3.63, 3.8) is 0 Å². The van der Waals surface area contributed by atoms with Crippen LogP contribution in [0.2, 0.25) is 0 Å². The first-order valence-corrected chi connectivity index (χ1v) is 7.80. The molecular formula is C14H24N2O2S. The van der Waals surface area contributed by atoms with Crippen LogP contribution < -0.4 is 10.5 Å². The number of nitrogens with two attached hydrogens (primary N) is 1. The average Bonchev–Trinajstić information content (AvgIpc) is 2.11. The summed E-state index contributed by atoms with van der Waals surface area (Å²) in [5.41, 5.74) is 5.51. The third-order valence-electron chi connectivity index (χ3n) is 2.59. The fourth-order valence-electron chi connectivity index (χ4n) is 2.51. The Morgan fingerprint density at radius 3 is 2.11 bits per heavy atom. The number of nitrogen functional groups attached to an aromatic ring is 1. The molecule has 0 bridgehead atoms. The van der Waals surface area contributed by atoms with Gasteiger partial charge in [-0.25, -0.2) is 13.1 Å². The highest BCUT2D eigenvalue weighted by atomic mass is 32.2. The van der Waals surface area contributed by atoms with Gasteiger partial charge in [0.25, 0.3) is 0 Å². The summed E-state index contributed by atoms with van der Waals surface area (Å²) in [6, 6.07) is 6.49. The van der Waals surface area contributed by atoms with Gasteiger partial charge in [-0.1, -0.05) is 32.9 Å². The Morgan fingerprint density at radius 2 is 1.63 bits per heavy atom. The van der Waals surface area contributed by atoms with Crippen molar-refractivity contribution < 1.29 is 8.42 Å². The van der Waals surface area contributed by atoms with Crippen LogP contribution in [0.5, 0.6) is 0 Å². The molecule has 1 aromatic carbocycles. The van der Waals surface area contributed by atoms with Gasteiger partial charge >= 0.3 is 0 Å². The van der Waals surface area contributed by atoms with Crippen LogP contribution in [0.4, 0.5) is 5.69 Å². The summed E-state index contributed by atoms with van der Waals surface area (Å²) in [6.07, 6.45) is 0.728. The number of para-hydroxylation sites is 1. The molecule has 0 unspecified atom stereocenters. The second kappa shape index (κ2) is 5.13. The largest absolute Gasteiger partial charge is 0.398 e. The SMILES string of the molecule is CC(C)(C)CC(C)(C)NS(=O)(=O)c1ccccc1N. The predicted molar refractivity (Wildman–Crippen MR) is 79.3 cm³/mol. The standard InChI is InChI=1S/C14H24N2O2S/c1-13(2,3)10-14(4,5)16-19(17,18)12-9-7-6-8-11(12)15/h6-9,16H,10,15H2,1-5H3. The highest BCUT2D eigenvalue weighted by Gasteiger charge is 2.31. The summed E-state index contributed by atoms with van der Waals surface area (Å²) in [5, 5.41) is 0. The van der Waals surface area contributed by atoms with E-state index in [1.54, 1.807) is 18.2 Å². The molecule has 0 aliphatic carbocycles. The second-order valence-electron chi connectivity index (χ2n) is 6.76. The molecule has 0 aliphatic heterocycles. The first-order chi connectivity index (χ1) is 8.43. The minimum atomic E-state index is -3.60. The van der Waals surface area contributed by atoms with Crippen molar-refractivity contribution in [3.05, 3.63) is 24.3 Å². The van der Waals surface area contributed by atoms with Crippen LogP contribution in [0, 0.1) is 5.41 Å². The topological polar surface area (TPSA) is 72.2 Å². The predicted octanol–water partition coefficient (Wildman–Crippen LogP) is 2.76. The molecule has 0 fully saturated rings. The fraction of sp³-hybridized carbons (Fsp3) is 0.571. The highest BCUT2D eigenvalue weighted by Crippen LogP contribution is 2.28. The van der Waals surface area contributed by atoms with Crippen molar-refractivity contribution in [1.82, 2.24) is 4.72 Å². The van der Waals surface area contributed by atoms with E-state index in [0.717, 1.165) is 6.42 Å². The molecule has 5 heteroatoms. The van der Waals surface area contributed by atoms with E-state index in [4.69, 9.17) is 5.73 Å². The maximum absolute atomic E-state index is 12.4. The summed E-state index contributed by atoms with van der Waals surface area (Å²) in [4.78, 5) is 0.136. The molecule has 19 heavy (non-hydrogen) atoms. The van der Waals surface area contributed by atoms with Crippen LogP contribution in [-0.4, -0.2) is 14.0 Å². The van der Waals surface area contributed by atoms with Crippen LogP contribution in [0.3, 0.4) is 0 Å². The monoisotopic (exact) mass is 284 g/mol. The van der Waals surface area contributed by atoms with E-state index in [2.05, 4.69) is 25.5 Å². The number of hydrogen-bond acceptors (Lipinski definition) is 3. The van der Waals surface area contributed by atoms with E-state index < -0.39 is 15.6 Å². The summed E-state index contributed by atoms with van der Waals surface area (Å²) in [7, 11) is -3.60. The Morgan fingerprint density at radius 1 is 1.11 bits per heavy atom. The van der Waals surface area contributed by atoms with Crippen LogP contribution in [-0.2, 0) is 10.0 Å². The van der Waals surface area contributed by atoms with E-state index >= 15 is 0 Å². The molecule has 0 radical (unpaired) electrons. The van der Waals surface area contributed by atoms with Gasteiger partial charge in [0.1, 0.15) is 4.90 Å². The molecular weight excluding hydrogens is 260 g/mol. The lowest BCUT2D eigenvalue weighted by Crippen LogP contribution is -2.45. The maximum Gasteiger partial charge on any atom is 0.243 e. The summed E-state index contributed by atoms with van der Waals surface area (Å²) in [6.45, 7) is 10.0. The molecule has 0 aromatic heterocycles. The van der Waals surface area contributed by atoms with Crippen molar-refractivity contribution >= 4 is 15.7 Å². The molecule has 4 nitrogen and oxygen atoms in total. The lowest BCUT2D eigenvalue weighted by atomic mass is 9.82. The molecule has 3 N–H and O–H groups in total. The van der Waals surface area contributed by atoms with Gasteiger partial charge in [-0.15, -0.1) is 0 Å². The molecule has 0 amide bonds. The van der Waals surface area contributed by atoms with Crippen LogP contribution in [0.25, 0.3) is 0 Å². The Bertz CT molecular complexity index is 543. The lowest BCUT2D eigenvalue weighted by Gasteiger charge is -2.33. The molecule has 108 valence electrons. The highest BCUT2D eigenvalue weighted by molar-refractivity contribution is 7.89. The van der Waals surface area contributed by atoms with E-state index in [0.29, 0.717) is 0 Å². The van der Waals surface area contributed by atoms with E-state index in [9.17, 15) is 8.42 Å².